The molecule has 0 spiro atoms. The van der Waals surface area contributed by atoms with Crippen molar-refractivity contribution in [1.29, 1.82) is 0 Å². The van der Waals surface area contributed by atoms with Crippen molar-refractivity contribution in [2.24, 2.45) is 18.9 Å². The monoisotopic (exact) mass is 536 g/mol. The zero-order valence-corrected chi connectivity index (χ0v) is 20.3. The van der Waals surface area contributed by atoms with Crippen LogP contribution in [0.1, 0.15) is 47.7 Å². The van der Waals surface area contributed by atoms with Gasteiger partial charge in [0.15, 0.2) is 0 Å². The molecule has 7 nitrogen and oxygen atoms in total. The van der Waals surface area contributed by atoms with Crippen molar-refractivity contribution in [1.82, 2.24) is 9.78 Å². The number of fused-ring (bicyclic) bond motifs is 1. The summed E-state index contributed by atoms with van der Waals surface area (Å²) in [6.07, 6.45) is -2.92. The molecule has 2 aromatic rings. The summed E-state index contributed by atoms with van der Waals surface area (Å²) in [4.78, 5) is 13.1. The van der Waals surface area contributed by atoms with Crippen LogP contribution in [0.3, 0.4) is 0 Å². The molecular formula is C22H25ClF4N4O3S. The highest BCUT2D eigenvalue weighted by molar-refractivity contribution is 7.91. The van der Waals surface area contributed by atoms with Gasteiger partial charge in [-0.15, -0.1) is 0 Å². The molecule has 3 unspecified atom stereocenters. The van der Waals surface area contributed by atoms with Crippen LogP contribution in [0.25, 0.3) is 0 Å². The second-order valence-electron chi connectivity index (χ2n) is 9.52. The van der Waals surface area contributed by atoms with E-state index in [0.717, 1.165) is 6.07 Å². The lowest BCUT2D eigenvalue weighted by atomic mass is 9.92. The predicted molar refractivity (Wildman–Crippen MR) is 124 cm³/mol. The molecule has 1 aromatic carbocycles. The minimum absolute atomic E-state index is 0.00272. The van der Waals surface area contributed by atoms with Gasteiger partial charge in [-0.25, -0.2) is 4.39 Å². The molecule has 2 saturated carbocycles. The van der Waals surface area contributed by atoms with E-state index in [4.69, 9.17) is 17.3 Å². The molecule has 1 heterocycles. The third-order valence-corrected chi connectivity index (χ3v) is 8.59. The van der Waals surface area contributed by atoms with Crippen molar-refractivity contribution in [2.75, 3.05) is 22.6 Å². The molecule has 192 valence electrons. The van der Waals surface area contributed by atoms with Crippen LogP contribution >= 0.6 is 11.6 Å². The second kappa shape index (κ2) is 9.45. The summed E-state index contributed by atoms with van der Waals surface area (Å²) in [6.45, 7) is 0. The fourth-order valence-electron chi connectivity index (χ4n) is 5.49. The number of nitrogen functional groups attached to an aromatic ring is 1. The lowest BCUT2D eigenvalue weighted by molar-refractivity contribution is -0.106. The quantitative estimate of drug-likeness (QED) is 0.381. The Balaban J connectivity index is 1.46. The predicted octanol–water partition coefficient (Wildman–Crippen LogP) is 3.99. The number of nitrogens with zero attached hydrogens (tertiary/aromatic N) is 2. The Bertz CT molecular complexity index is 1110. The maximum Gasteiger partial charge on any atom is 0.433 e. The fourth-order valence-corrected chi connectivity index (χ4v) is 6.97. The van der Waals surface area contributed by atoms with E-state index >= 15 is 0 Å². The standard InChI is InChI=1S/C22H25ClF4N4O3S/c1-31-19(28)17(20(32)29-14-2-3-16(24)15(23)6-14)18(30-31)11-4-12-7-21(33,8-13(12)5-11)9-35(34)10-22(25,26)27/h2-3,6,11-13,33H,4-5,7-10,28H2,1H3,(H,29,32). The average molecular weight is 537 g/mol. The molecule has 1 aromatic heterocycles. The van der Waals surface area contributed by atoms with E-state index in [0.29, 0.717) is 18.5 Å². The van der Waals surface area contributed by atoms with Gasteiger partial charge in [-0.1, -0.05) is 11.6 Å². The molecular weight excluding hydrogens is 512 g/mol. The van der Waals surface area contributed by atoms with Crippen LogP contribution in [0.5, 0.6) is 0 Å². The van der Waals surface area contributed by atoms with Crippen LogP contribution in [0.2, 0.25) is 5.02 Å². The van der Waals surface area contributed by atoms with E-state index in [2.05, 4.69) is 10.4 Å². The Labute approximate surface area is 207 Å². The van der Waals surface area contributed by atoms with Crippen molar-refractivity contribution in [3.63, 3.8) is 0 Å². The zero-order chi connectivity index (χ0) is 25.7. The molecule has 4 N–H and O–H groups in total. The van der Waals surface area contributed by atoms with Crippen LogP contribution in [-0.2, 0) is 18.2 Å². The first-order chi connectivity index (χ1) is 16.2. The molecule has 2 fully saturated rings. The third-order valence-electron chi connectivity index (χ3n) is 6.79. The van der Waals surface area contributed by atoms with Crippen LogP contribution in [-0.4, -0.2) is 48.6 Å². The lowest BCUT2D eigenvalue weighted by Crippen LogP contribution is -2.38. The van der Waals surface area contributed by atoms with Gasteiger partial charge in [0.05, 0.1) is 10.7 Å². The van der Waals surface area contributed by atoms with Gasteiger partial charge in [0, 0.05) is 18.7 Å². The summed E-state index contributed by atoms with van der Waals surface area (Å²) in [7, 11) is 1.61. The minimum atomic E-state index is -4.55. The third kappa shape index (κ3) is 5.71. The van der Waals surface area contributed by atoms with E-state index in [9.17, 15) is 32.0 Å². The molecule has 1 amide bonds. The summed E-state index contributed by atoms with van der Waals surface area (Å²) in [5, 5.41) is 17.8. The number of anilines is 2. The van der Waals surface area contributed by atoms with Gasteiger partial charge in [0.1, 0.15) is 28.6 Å². The minimum Gasteiger partial charge on any atom is -0.616 e. The summed E-state index contributed by atoms with van der Waals surface area (Å²) >= 11 is 3.59. The van der Waals surface area contributed by atoms with E-state index in [1.54, 1.807) is 7.05 Å². The number of alkyl halides is 3. The highest BCUT2D eigenvalue weighted by Crippen LogP contribution is 2.54. The van der Waals surface area contributed by atoms with Gasteiger partial charge in [-0.3, -0.25) is 9.48 Å². The number of carbonyl (C=O) groups excluding carboxylic acids is 1. The molecule has 2 aliphatic carbocycles. The van der Waals surface area contributed by atoms with Crippen molar-refractivity contribution in [2.45, 2.75) is 43.4 Å². The first-order valence-electron chi connectivity index (χ1n) is 11.0. The summed E-state index contributed by atoms with van der Waals surface area (Å²) in [5.41, 5.74) is 5.71. The molecule has 3 atom stereocenters. The Morgan fingerprint density at radius 2 is 2.00 bits per heavy atom. The van der Waals surface area contributed by atoms with E-state index < -0.39 is 46.2 Å². The highest BCUT2D eigenvalue weighted by atomic mass is 35.5. The number of aliphatic hydroxyl groups is 1. The smallest absolute Gasteiger partial charge is 0.433 e. The second-order valence-corrected chi connectivity index (χ2v) is 11.4. The number of benzene rings is 1. The molecule has 2 aliphatic rings. The molecule has 0 bridgehead atoms. The number of carbonyl (C=O) groups is 1. The van der Waals surface area contributed by atoms with Gasteiger partial charge in [0.2, 0.25) is 5.75 Å². The first-order valence-corrected chi connectivity index (χ1v) is 12.8. The SMILES string of the molecule is Cn1nc(C2CC3CC(O)(C[S+]([O-])CC(F)(F)F)CC3C2)c(C(=O)Nc2ccc(F)c(Cl)c2)c1N. The molecule has 13 heteroatoms. The molecule has 0 radical (unpaired) electrons. The highest BCUT2D eigenvalue weighted by Gasteiger charge is 2.52. The lowest BCUT2D eigenvalue weighted by Gasteiger charge is -2.26. The number of hydrogen-bond acceptors (Lipinski definition) is 5. The number of aromatic nitrogens is 2. The summed E-state index contributed by atoms with van der Waals surface area (Å²) in [5.74, 6) is -2.97. The molecule has 0 aliphatic heterocycles. The summed E-state index contributed by atoms with van der Waals surface area (Å²) in [6, 6.07) is 3.78. The number of hydrogen-bond donors (Lipinski definition) is 3. The van der Waals surface area contributed by atoms with Gasteiger partial charge in [-0.05, 0) is 66.9 Å². The number of nitrogens with two attached hydrogens (primary N) is 1. The number of halogens is 5. The largest absolute Gasteiger partial charge is 0.616 e. The van der Waals surface area contributed by atoms with Gasteiger partial charge in [0.25, 0.3) is 5.91 Å². The van der Waals surface area contributed by atoms with Crippen LogP contribution in [0.4, 0.5) is 29.1 Å². The molecule has 0 saturated heterocycles. The van der Waals surface area contributed by atoms with Crippen molar-refractivity contribution in [3.8, 4) is 0 Å². The zero-order valence-electron chi connectivity index (χ0n) is 18.7. The Kier molecular flexibility index (Phi) is 7.04. The number of aryl methyl sites for hydroxylation is 1. The number of amides is 1. The Morgan fingerprint density at radius 3 is 2.57 bits per heavy atom. The van der Waals surface area contributed by atoms with Crippen LogP contribution in [0.15, 0.2) is 18.2 Å². The van der Waals surface area contributed by atoms with Crippen molar-refractivity contribution in [3.05, 3.63) is 40.3 Å². The maximum absolute atomic E-state index is 13.4. The number of nitrogens with one attached hydrogen (secondary N) is 1. The van der Waals surface area contributed by atoms with Gasteiger partial charge in [-0.2, -0.15) is 18.3 Å². The maximum atomic E-state index is 13.4. The molecule has 4 rings (SSSR count). The van der Waals surface area contributed by atoms with Crippen molar-refractivity contribution >= 4 is 40.2 Å². The van der Waals surface area contributed by atoms with Gasteiger partial charge < -0.3 is 20.7 Å². The van der Waals surface area contributed by atoms with E-state index in [-0.39, 0.29) is 52.7 Å². The summed E-state index contributed by atoms with van der Waals surface area (Å²) < 4.78 is 64.4. The Morgan fingerprint density at radius 1 is 1.37 bits per heavy atom. The van der Waals surface area contributed by atoms with Gasteiger partial charge >= 0.3 is 6.18 Å². The van der Waals surface area contributed by atoms with Crippen molar-refractivity contribution < 1.29 is 32.0 Å². The average Bonchev–Trinajstić information content (AvgIpc) is 3.32. The first kappa shape index (κ1) is 26.1. The fraction of sp³-hybridized carbons (Fsp3) is 0.545. The Hall–Kier alpha value is -2.02. The van der Waals surface area contributed by atoms with Crippen LogP contribution in [0, 0.1) is 17.7 Å². The van der Waals surface area contributed by atoms with Crippen LogP contribution < -0.4 is 11.1 Å². The number of rotatable bonds is 6. The van der Waals surface area contributed by atoms with E-state index in [1.165, 1.54) is 16.8 Å². The topological polar surface area (TPSA) is 116 Å². The molecule has 35 heavy (non-hydrogen) atoms. The van der Waals surface area contributed by atoms with E-state index in [1.807, 2.05) is 0 Å². The normalized spacial score (nSPS) is 27.1.